The quantitative estimate of drug-likeness (QED) is 0.801. The highest BCUT2D eigenvalue weighted by atomic mass is 35.5. The van der Waals surface area contributed by atoms with Gasteiger partial charge in [-0.3, -0.25) is 4.79 Å². The Morgan fingerprint density at radius 2 is 1.77 bits per heavy atom. The largest absolute Gasteiger partial charge is 0.368 e. The lowest BCUT2D eigenvalue weighted by Gasteiger charge is -2.42. The van der Waals surface area contributed by atoms with Crippen LogP contribution in [0.15, 0.2) is 24.3 Å². The zero-order valence-electron chi connectivity index (χ0n) is 14.8. The van der Waals surface area contributed by atoms with E-state index in [4.69, 9.17) is 11.6 Å². The van der Waals surface area contributed by atoms with Crippen molar-refractivity contribution in [2.45, 2.75) is 17.6 Å². The van der Waals surface area contributed by atoms with Crippen LogP contribution in [0.4, 0.5) is 5.69 Å². The molecular formula is C17H25Cl2N3O3S. The Kier molecular flexibility index (Phi) is 6.82. The van der Waals surface area contributed by atoms with E-state index in [1.807, 2.05) is 24.3 Å². The maximum absolute atomic E-state index is 13.1. The first-order valence-electron chi connectivity index (χ1n) is 8.54. The highest BCUT2D eigenvalue weighted by Gasteiger charge is 2.50. The number of sulfone groups is 1. The molecule has 0 aromatic heterocycles. The van der Waals surface area contributed by atoms with Crippen molar-refractivity contribution in [3.05, 3.63) is 29.3 Å². The van der Waals surface area contributed by atoms with Gasteiger partial charge in [-0.15, -0.1) is 12.4 Å². The van der Waals surface area contributed by atoms with Gasteiger partial charge >= 0.3 is 0 Å². The maximum atomic E-state index is 13.1. The van der Waals surface area contributed by atoms with Gasteiger partial charge in [0.1, 0.15) is 0 Å². The smallest absolute Gasteiger partial charge is 0.244 e. The second-order valence-corrected chi connectivity index (χ2v) is 9.54. The normalized spacial score (nSPS) is 20.4. The van der Waals surface area contributed by atoms with Gasteiger partial charge in [0, 0.05) is 43.1 Å². The topological polar surface area (TPSA) is 69.7 Å². The van der Waals surface area contributed by atoms with Gasteiger partial charge in [-0.2, -0.15) is 0 Å². The predicted octanol–water partition coefficient (Wildman–Crippen LogP) is 1.58. The molecule has 2 saturated heterocycles. The Labute approximate surface area is 166 Å². The zero-order chi connectivity index (χ0) is 18.1. The van der Waals surface area contributed by atoms with E-state index >= 15 is 0 Å². The molecule has 2 fully saturated rings. The molecule has 26 heavy (non-hydrogen) atoms. The average molecular weight is 422 g/mol. The van der Waals surface area contributed by atoms with Gasteiger partial charge in [0.15, 0.2) is 14.6 Å². The molecule has 1 N–H and O–H groups in total. The van der Waals surface area contributed by atoms with E-state index in [-0.39, 0.29) is 18.3 Å². The highest BCUT2D eigenvalue weighted by Crippen LogP contribution is 2.31. The number of halogens is 2. The molecule has 0 spiro atoms. The summed E-state index contributed by atoms with van der Waals surface area (Å²) in [4.78, 5) is 17.0. The number of piperazine rings is 1. The van der Waals surface area contributed by atoms with Crippen molar-refractivity contribution >= 4 is 45.4 Å². The number of carbonyl (C=O) groups is 1. The summed E-state index contributed by atoms with van der Waals surface area (Å²) in [7, 11) is -3.47. The molecular weight excluding hydrogens is 397 g/mol. The summed E-state index contributed by atoms with van der Waals surface area (Å²) >= 11 is 6.05. The summed E-state index contributed by atoms with van der Waals surface area (Å²) in [6.07, 6.45) is 1.89. The maximum Gasteiger partial charge on any atom is 0.244 e. The Bertz CT molecular complexity index is 743. The minimum Gasteiger partial charge on any atom is -0.368 e. The monoisotopic (exact) mass is 421 g/mol. The SMILES string of the molecule is CS(=O)(=O)C1(C(=O)N2CCN(c3cccc(Cl)c3)CC2)CCNCC1.Cl. The lowest BCUT2D eigenvalue weighted by Crippen LogP contribution is -2.61. The van der Waals surface area contributed by atoms with Crippen molar-refractivity contribution in [2.24, 2.45) is 0 Å². The number of hydrogen-bond donors (Lipinski definition) is 1. The van der Waals surface area contributed by atoms with E-state index in [0.29, 0.717) is 57.1 Å². The van der Waals surface area contributed by atoms with Gasteiger partial charge in [0.25, 0.3) is 0 Å². The number of piperidine rings is 1. The molecule has 1 amide bonds. The fourth-order valence-corrected chi connectivity index (χ4v) is 5.28. The number of carbonyl (C=O) groups excluding carboxylic acids is 1. The summed E-state index contributed by atoms with van der Waals surface area (Å²) in [5.74, 6) is -0.234. The van der Waals surface area contributed by atoms with Gasteiger partial charge < -0.3 is 15.1 Å². The molecule has 0 saturated carbocycles. The van der Waals surface area contributed by atoms with E-state index in [1.54, 1.807) is 4.90 Å². The van der Waals surface area contributed by atoms with Crippen LogP contribution in [0.2, 0.25) is 5.02 Å². The van der Waals surface area contributed by atoms with Gasteiger partial charge in [-0.1, -0.05) is 17.7 Å². The molecule has 1 aromatic carbocycles. The van der Waals surface area contributed by atoms with Crippen molar-refractivity contribution < 1.29 is 13.2 Å². The van der Waals surface area contributed by atoms with Crippen LogP contribution < -0.4 is 10.2 Å². The van der Waals surface area contributed by atoms with E-state index < -0.39 is 14.6 Å². The average Bonchev–Trinajstić information content (AvgIpc) is 2.61. The molecule has 2 aliphatic rings. The van der Waals surface area contributed by atoms with Gasteiger partial charge in [0.05, 0.1) is 0 Å². The fourth-order valence-electron chi connectivity index (χ4n) is 3.70. The standard InChI is InChI=1S/C17H24ClN3O3S.ClH/c1-25(23,24)17(5-7-19-8-6-17)16(22)21-11-9-20(10-12-21)15-4-2-3-14(18)13-15;/h2-4,13,19H,5-12H2,1H3;1H. The number of rotatable bonds is 3. The van der Waals surface area contributed by atoms with Gasteiger partial charge in [0.2, 0.25) is 5.91 Å². The number of amides is 1. The molecule has 9 heteroatoms. The molecule has 2 heterocycles. The van der Waals surface area contributed by atoms with Crippen LogP contribution in [0.25, 0.3) is 0 Å². The van der Waals surface area contributed by atoms with Crippen molar-refractivity contribution in [2.75, 3.05) is 50.4 Å². The third-order valence-corrected chi connectivity index (χ3v) is 7.49. The number of nitrogens with one attached hydrogen (secondary N) is 1. The van der Waals surface area contributed by atoms with Crippen molar-refractivity contribution in [1.29, 1.82) is 0 Å². The van der Waals surface area contributed by atoms with Crippen LogP contribution in [0.1, 0.15) is 12.8 Å². The first-order chi connectivity index (χ1) is 11.8. The molecule has 3 rings (SSSR count). The van der Waals surface area contributed by atoms with E-state index in [1.165, 1.54) is 6.26 Å². The van der Waals surface area contributed by atoms with Crippen molar-refractivity contribution in [3.8, 4) is 0 Å². The molecule has 0 bridgehead atoms. The minimum absolute atomic E-state index is 0. The predicted molar refractivity (Wildman–Crippen MR) is 107 cm³/mol. The minimum atomic E-state index is -3.47. The Hall–Kier alpha value is -1.02. The summed E-state index contributed by atoms with van der Waals surface area (Å²) in [6, 6.07) is 7.64. The van der Waals surface area contributed by atoms with E-state index in [0.717, 1.165) is 5.69 Å². The van der Waals surface area contributed by atoms with Gasteiger partial charge in [-0.25, -0.2) is 8.42 Å². The van der Waals surface area contributed by atoms with Crippen LogP contribution in [0.3, 0.4) is 0 Å². The molecule has 2 aliphatic heterocycles. The number of hydrogen-bond acceptors (Lipinski definition) is 5. The van der Waals surface area contributed by atoms with Crippen molar-refractivity contribution in [3.63, 3.8) is 0 Å². The van der Waals surface area contributed by atoms with E-state index in [2.05, 4.69) is 10.2 Å². The lowest BCUT2D eigenvalue weighted by molar-refractivity contribution is -0.135. The third-order valence-electron chi connectivity index (χ3n) is 5.25. The summed E-state index contributed by atoms with van der Waals surface area (Å²) in [5.41, 5.74) is 1.03. The second kappa shape index (κ2) is 8.33. The number of nitrogens with zero attached hydrogens (tertiary/aromatic N) is 2. The Morgan fingerprint density at radius 1 is 1.15 bits per heavy atom. The summed E-state index contributed by atoms with van der Waals surface area (Å²) < 4.78 is 23.6. The molecule has 0 aliphatic carbocycles. The molecule has 0 radical (unpaired) electrons. The lowest BCUT2D eigenvalue weighted by atomic mass is 9.94. The number of benzene rings is 1. The van der Waals surface area contributed by atoms with Crippen LogP contribution in [-0.2, 0) is 14.6 Å². The summed E-state index contributed by atoms with van der Waals surface area (Å²) in [6.45, 7) is 3.50. The van der Waals surface area contributed by atoms with Crippen LogP contribution in [0, 0.1) is 0 Å². The van der Waals surface area contributed by atoms with Gasteiger partial charge in [-0.05, 0) is 44.1 Å². The second-order valence-electron chi connectivity index (χ2n) is 6.78. The van der Waals surface area contributed by atoms with Crippen LogP contribution in [0.5, 0.6) is 0 Å². The zero-order valence-corrected chi connectivity index (χ0v) is 17.2. The molecule has 6 nitrogen and oxygen atoms in total. The Balaban J connectivity index is 0.00000243. The molecule has 0 atom stereocenters. The molecule has 146 valence electrons. The highest BCUT2D eigenvalue weighted by molar-refractivity contribution is 7.92. The molecule has 1 aromatic rings. The fraction of sp³-hybridized carbons (Fsp3) is 0.588. The van der Waals surface area contributed by atoms with E-state index in [9.17, 15) is 13.2 Å². The first kappa shape index (κ1) is 21.3. The first-order valence-corrected chi connectivity index (χ1v) is 10.8. The van der Waals surface area contributed by atoms with Crippen LogP contribution in [-0.4, -0.2) is 69.5 Å². The molecule has 0 unspecified atom stereocenters. The summed E-state index contributed by atoms with van der Waals surface area (Å²) in [5, 5.41) is 3.83. The van der Waals surface area contributed by atoms with Crippen LogP contribution >= 0.6 is 24.0 Å². The third kappa shape index (κ3) is 4.11. The number of anilines is 1. The Morgan fingerprint density at radius 3 is 2.31 bits per heavy atom. The van der Waals surface area contributed by atoms with Crippen molar-refractivity contribution in [1.82, 2.24) is 10.2 Å².